The topological polar surface area (TPSA) is 73.2 Å². The number of anilines is 1. The molecule has 1 aliphatic heterocycles. The highest BCUT2D eigenvalue weighted by Crippen LogP contribution is 2.44. The normalized spacial score (nSPS) is 16.0. The van der Waals surface area contributed by atoms with Gasteiger partial charge < -0.3 is 10.1 Å². The molecule has 0 unspecified atom stereocenters. The van der Waals surface area contributed by atoms with E-state index in [9.17, 15) is 9.59 Å². The number of hydrogen-bond donors (Lipinski definition) is 1. The van der Waals surface area contributed by atoms with Gasteiger partial charge in [-0.3, -0.25) is 4.79 Å². The van der Waals surface area contributed by atoms with Crippen LogP contribution in [-0.4, -0.2) is 34.5 Å². The van der Waals surface area contributed by atoms with Crippen LogP contribution >= 0.6 is 11.8 Å². The number of nitrogens with one attached hydrogen (secondary N) is 1. The van der Waals surface area contributed by atoms with Gasteiger partial charge in [-0.2, -0.15) is 5.10 Å². The predicted octanol–water partition coefficient (Wildman–Crippen LogP) is 4.05. The van der Waals surface area contributed by atoms with Crippen molar-refractivity contribution < 1.29 is 14.3 Å². The van der Waals surface area contributed by atoms with Gasteiger partial charge >= 0.3 is 5.97 Å². The molecule has 0 saturated carbocycles. The van der Waals surface area contributed by atoms with E-state index in [1.165, 1.54) is 7.11 Å². The van der Waals surface area contributed by atoms with Gasteiger partial charge in [0.15, 0.2) is 0 Å². The molecule has 4 rings (SSSR count). The van der Waals surface area contributed by atoms with Crippen molar-refractivity contribution in [2.24, 2.45) is 0 Å². The number of aryl methyl sites for hydroxylation is 2. The number of carbonyl (C=O) groups is 2. The van der Waals surface area contributed by atoms with E-state index in [1.54, 1.807) is 23.9 Å². The molecule has 3 aromatic rings. The number of esters is 1. The second-order valence-electron chi connectivity index (χ2n) is 6.90. The summed E-state index contributed by atoms with van der Waals surface area (Å²) < 4.78 is 6.60. The Morgan fingerprint density at radius 1 is 1.17 bits per heavy atom. The van der Waals surface area contributed by atoms with Crippen molar-refractivity contribution in [2.75, 3.05) is 18.2 Å². The zero-order valence-electron chi connectivity index (χ0n) is 16.4. The van der Waals surface area contributed by atoms with Gasteiger partial charge in [0.1, 0.15) is 5.82 Å². The predicted molar refractivity (Wildman–Crippen MR) is 114 cm³/mol. The largest absolute Gasteiger partial charge is 0.465 e. The number of carbonyl (C=O) groups excluding carboxylic acids is 2. The Bertz CT molecular complexity index is 1090. The maximum Gasteiger partial charge on any atom is 0.337 e. The highest BCUT2D eigenvalue weighted by Gasteiger charge is 2.30. The first-order valence-electron chi connectivity index (χ1n) is 9.25. The molecule has 1 aliphatic rings. The van der Waals surface area contributed by atoms with Crippen LogP contribution in [0.1, 0.15) is 38.0 Å². The molecule has 6 nitrogen and oxygen atoms in total. The summed E-state index contributed by atoms with van der Waals surface area (Å²) in [7, 11) is 1.37. The average molecular weight is 407 g/mol. The van der Waals surface area contributed by atoms with Crippen LogP contribution in [0.15, 0.2) is 48.5 Å². The number of methoxy groups -OCH3 is 1. The first-order chi connectivity index (χ1) is 14.0. The summed E-state index contributed by atoms with van der Waals surface area (Å²) in [5.74, 6) is 0.616. The molecule has 0 aliphatic carbocycles. The van der Waals surface area contributed by atoms with Gasteiger partial charge in [0.05, 0.1) is 35.1 Å². The molecular formula is C22H21N3O3S. The van der Waals surface area contributed by atoms with Crippen molar-refractivity contribution in [3.8, 4) is 5.69 Å². The number of nitrogens with zero attached hydrogens (tertiary/aromatic N) is 2. The van der Waals surface area contributed by atoms with Crippen molar-refractivity contribution in [1.82, 2.24) is 9.78 Å². The molecule has 0 bridgehead atoms. The summed E-state index contributed by atoms with van der Waals surface area (Å²) in [5, 5.41) is 7.72. The highest BCUT2D eigenvalue weighted by atomic mass is 32.2. The molecule has 1 atom stereocenters. The number of para-hydroxylation sites is 1. The lowest BCUT2D eigenvalue weighted by Gasteiger charge is -2.16. The Hall–Kier alpha value is -3.06. The Balaban J connectivity index is 1.83. The highest BCUT2D eigenvalue weighted by molar-refractivity contribution is 8.00. The van der Waals surface area contributed by atoms with Crippen molar-refractivity contribution in [3.63, 3.8) is 0 Å². The third-order valence-corrected chi connectivity index (χ3v) is 6.26. The molecule has 0 spiro atoms. The summed E-state index contributed by atoms with van der Waals surface area (Å²) in [6, 6.07) is 15.3. The maximum atomic E-state index is 12.4. The fourth-order valence-electron chi connectivity index (χ4n) is 3.53. The minimum Gasteiger partial charge on any atom is -0.465 e. The van der Waals surface area contributed by atoms with Gasteiger partial charge in [-0.1, -0.05) is 30.3 Å². The second-order valence-corrected chi connectivity index (χ2v) is 7.99. The SMILES string of the molecule is COC(=O)c1ccc([C@@H]2SCC(=O)Nc3c2c(C)nn3-c2ccccc2C)cc1. The molecule has 1 aromatic heterocycles. The number of rotatable bonds is 3. The van der Waals surface area contributed by atoms with E-state index in [1.807, 2.05) is 54.9 Å². The van der Waals surface area contributed by atoms with E-state index >= 15 is 0 Å². The first kappa shape index (κ1) is 19.3. The van der Waals surface area contributed by atoms with Crippen LogP contribution < -0.4 is 5.32 Å². The zero-order chi connectivity index (χ0) is 20.5. The minimum absolute atomic E-state index is 0.0559. The Morgan fingerprint density at radius 3 is 2.59 bits per heavy atom. The third-order valence-electron chi connectivity index (χ3n) is 4.99. The lowest BCUT2D eigenvalue weighted by Crippen LogP contribution is -2.16. The van der Waals surface area contributed by atoms with Gasteiger partial charge in [-0.25, -0.2) is 9.48 Å². The van der Waals surface area contributed by atoms with E-state index in [-0.39, 0.29) is 17.1 Å². The maximum absolute atomic E-state index is 12.4. The molecule has 2 heterocycles. The van der Waals surface area contributed by atoms with Crippen molar-refractivity contribution >= 4 is 29.5 Å². The number of thioether (sulfide) groups is 1. The molecule has 1 N–H and O–H groups in total. The lowest BCUT2D eigenvalue weighted by molar-refractivity contribution is -0.113. The lowest BCUT2D eigenvalue weighted by atomic mass is 10.0. The number of fused-ring (bicyclic) bond motifs is 1. The molecule has 0 fully saturated rings. The molecule has 0 radical (unpaired) electrons. The fraction of sp³-hybridized carbons (Fsp3) is 0.227. The first-order valence-corrected chi connectivity index (χ1v) is 10.3. The van der Waals surface area contributed by atoms with Gasteiger partial charge in [-0.05, 0) is 43.2 Å². The standard InChI is InChI=1S/C22H21N3O3S/c1-13-6-4-5-7-17(13)25-21-19(14(2)24-25)20(29-12-18(26)23-21)15-8-10-16(11-9-15)22(27)28-3/h4-11,20H,12H2,1-3H3,(H,23,26)/t20-/m0/s1. The summed E-state index contributed by atoms with van der Waals surface area (Å²) in [5.41, 5.74) is 5.35. The molecule has 1 amide bonds. The Morgan fingerprint density at radius 2 is 1.90 bits per heavy atom. The van der Waals surface area contributed by atoms with Crippen molar-refractivity contribution in [1.29, 1.82) is 0 Å². The van der Waals surface area contributed by atoms with Crippen molar-refractivity contribution in [2.45, 2.75) is 19.1 Å². The Kier molecular flexibility index (Phi) is 5.15. The molecule has 29 heavy (non-hydrogen) atoms. The summed E-state index contributed by atoms with van der Waals surface area (Å²) in [4.78, 5) is 24.2. The molecule has 0 saturated heterocycles. The van der Waals surface area contributed by atoms with Crippen LogP contribution in [0.2, 0.25) is 0 Å². The van der Waals surface area contributed by atoms with Crippen LogP contribution in [-0.2, 0) is 9.53 Å². The number of hydrogen-bond acceptors (Lipinski definition) is 5. The van der Waals surface area contributed by atoms with E-state index in [2.05, 4.69) is 5.32 Å². The summed E-state index contributed by atoms with van der Waals surface area (Å²) >= 11 is 1.55. The zero-order valence-corrected chi connectivity index (χ0v) is 17.2. The minimum atomic E-state index is -0.369. The number of amides is 1. The smallest absolute Gasteiger partial charge is 0.337 e. The average Bonchev–Trinajstić information content (AvgIpc) is 2.93. The van der Waals surface area contributed by atoms with E-state index in [4.69, 9.17) is 9.84 Å². The van der Waals surface area contributed by atoms with Crippen LogP contribution in [0.25, 0.3) is 5.69 Å². The van der Waals surface area contributed by atoms with Gasteiger partial charge in [0, 0.05) is 5.56 Å². The van der Waals surface area contributed by atoms with Crippen LogP contribution in [0.4, 0.5) is 5.82 Å². The van der Waals surface area contributed by atoms with Crippen LogP contribution in [0, 0.1) is 13.8 Å². The summed E-state index contributed by atoms with van der Waals surface area (Å²) in [6.45, 7) is 3.98. The second kappa shape index (κ2) is 7.75. The van der Waals surface area contributed by atoms with Crippen molar-refractivity contribution in [3.05, 3.63) is 76.5 Å². The van der Waals surface area contributed by atoms with Crippen LogP contribution in [0.5, 0.6) is 0 Å². The van der Waals surface area contributed by atoms with E-state index in [0.29, 0.717) is 17.1 Å². The molecule has 7 heteroatoms. The monoisotopic (exact) mass is 407 g/mol. The molecular weight excluding hydrogens is 386 g/mol. The van der Waals surface area contributed by atoms with Gasteiger partial charge in [0.25, 0.3) is 0 Å². The molecule has 148 valence electrons. The van der Waals surface area contributed by atoms with Gasteiger partial charge in [-0.15, -0.1) is 11.8 Å². The van der Waals surface area contributed by atoms with Crippen LogP contribution in [0.3, 0.4) is 0 Å². The van der Waals surface area contributed by atoms with E-state index in [0.717, 1.165) is 28.1 Å². The van der Waals surface area contributed by atoms with Gasteiger partial charge in [0.2, 0.25) is 5.91 Å². The molecule has 2 aromatic carbocycles. The number of benzene rings is 2. The number of ether oxygens (including phenoxy) is 1. The quantitative estimate of drug-likeness (QED) is 0.663. The fourth-order valence-corrected chi connectivity index (χ4v) is 4.72. The van der Waals surface area contributed by atoms with E-state index < -0.39 is 0 Å². The third kappa shape index (κ3) is 3.53. The Labute approximate surface area is 173 Å². The number of aromatic nitrogens is 2. The summed E-state index contributed by atoms with van der Waals surface area (Å²) in [6.07, 6.45) is 0.